The zero-order valence-corrected chi connectivity index (χ0v) is 11.7. The van der Waals surface area contributed by atoms with Crippen molar-refractivity contribution in [2.75, 3.05) is 0 Å². The Morgan fingerprint density at radius 2 is 1.26 bits per heavy atom. The first-order valence-corrected chi connectivity index (χ1v) is 6.66. The monoisotopic (exact) mass is 330 g/mol. The molecule has 0 bridgehead atoms. The predicted octanol–water partition coefficient (Wildman–Crippen LogP) is 5.98. The average Bonchev–Trinajstić information content (AvgIpc) is 2.46. The second-order valence-electron chi connectivity index (χ2n) is 4.93. The lowest BCUT2D eigenvalue weighted by Crippen LogP contribution is -2.11. The fourth-order valence-electron chi connectivity index (χ4n) is 2.03. The second kappa shape index (κ2) is 6.48. The van der Waals surface area contributed by atoms with Crippen molar-refractivity contribution in [2.45, 2.75) is 18.8 Å². The summed E-state index contributed by atoms with van der Waals surface area (Å²) in [6, 6.07) is 10.5. The first-order chi connectivity index (χ1) is 10.7. The number of hydrogen-bond donors (Lipinski definition) is 0. The first kappa shape index (κ1) is 17.1. The van der Waals surface area contributed by atoms with Crippen LogP contribution in [0.15, 0.2) is 54.6 Å². The SMILES string of the molecule is FC(F)(F)c1cc(C/C=C/c2ccccc2)cc(C(F)(F)F)c1. The quantitative estimate of drug-likeness (QED) is 0.607. The zero-order chi connectivity index (χ0) is 17.1. The maximum Gasteiger partial charge on any atom is 0.416 e. The van der Waals surface area contributed by atoms with E-state index in [4.69, 9.17) is 0 Å². The maximum absolute atomic E-state index is 12.7. The van der Waals surface area contributed by atoms with Crippen molar-refractivity contribution in [3.05, 3.63) is 76.9 Å². The average molecular weight is 330 g/mol. The fourth-order valence-corrected chi connectivity index (χ4v) is 2.03. The number of allylic oxidation sites excluding steroid dienone is 1. The Morgan fingerprint density at radius 3 is 1.74 bits per heavy atom. The van der Waals surface area contributed by atoms with Crippen LogP contribution < -0.4 is 0 Å². The third-order valence-electron chi connectivity index (χ3n) is 3.11. The van der Waals surface area contributed by atoms with Gasteiger partial charge < -0.3 is 0 Å². The molecular formula is C17H12F6. The molecule has 6 heteroatoms. The molecule has 0 aliphatic carbocycles. The van der Waals surface area contributed by atoms with Crippen LogP contribution in [0.1, 0.15) is 22.3 Å². The van der Waals surface area contributed by atoms with Gasteiger partial charge in [-0.05, 0) is 35.7 Å². The fraction of sp³-hybridized carbons (Fsp3) is 0.176. The van der Waals surface area contributed by atoms with Crippen molar-refractivity contribution in [2.24, 2.45) is 0 Å². The van der Waals surface area contributed by atoms with E-state index in [0.717, 1.165) is 17.7 Å². The molecule has 0 heterocycles. The van der Waals surface area contributed by atoms with E-state index in [1.165, 1.54) is 6.08 Å². The van der Waals surface area contributed by atoms with Gasteiger partial charge in [-0.3, -0.25) is 0 Å². The summed E-state index contributed by atoms with van der Waals surface area (Å²) in [6.07, 6.45) is -6.49. The van der Waals surface area contributed by atoms with E-state index in [1.807, 2.05) is 0 Å². The van der Waals surface area contributed by atoms with Crippen LogP contribution >= 0.6 is 0 Å². The van der Waals surface area contributed by atoms with Gasteiger partial charge in [0.25, 0.3) is 0 Å². The molecule has 0 aromatic heterocycles. The normalized spacial score (nSPS) is 12.8. The topological polar surface area (TPSA) is 0 Å². The third-order valence-corrected chi connectivity index (χ3v) is 3.11. The summed E-state index contributed by atoms with van der Waals surface area (Å²) in [4.78, 5) is 0. The molecule has 0 aliphatic heterocycles. The lowest BCUT2D eigenvalue weighted by Gasteiger charge is -2.13. The van der Waals surface area contributed by atoms with E-state index in [-0.39, 0.29) is 18.1 Å². The number of halogens is 6. The van der Waals surface area contributed by atoms with Crippen molar-refractivity contribution < 1.29 is 26.3 Å². The highest BCUT2D eigenvalue weighted by molar-refractivity contribution is 5.49. The summed E-state index contributed by atoms with van der Waals surface area (Å²) in [5.41, 5.74) is -1.82. The molecule has 0 spiro atoms. The Hall–Kier alpha value is -2.24. The minimum Gasteiger partial charge on any atom is -0.166 e. The van der Waals surface area contributed by atoms with E-state index >= 15 is 0 Å². The van der Waals surface area contributed by atoms with Gasteiger partial charge in [0.2, 0.25) is 0 Å². The molecule has 122 valence electrons. The molecule has 0 saturated heterocycles. The molecule has 2 aromatic rings. The number of alkyl halides is 6. The highest BCUT2D eigenvalue weighted by atomic mass is 19.4. The molecular weight excluding hydrogens is 318 g/mol. The minimum absolute atomic E-state index is 0.0259. The highest BCUT2D eigenvalue weighted by Gasteiger charge is 2.36. The van der Waals surface area contributed by atoms with Crippen LogP contribution in [0.4, 0.5) is 26.3 Å². The smallest absolute Gasteiger partial charge is 0.166 e. The third kappa shape index (κ3) is 4.87. The summed E-state index contributed by atoms with van der Waals surface area (Å²) in [5, 5.41) is 0. The molecule has 2 rings (SSSR count). The predicted molar refractivity (Wildman–Crippen MR) is 75.6 cm³/mol. The highest BCUT2D eigenvalue weighted by Crippen LogP contribution is 2.36. The van der Waals surface area contributed by atoms with Gasteiger partial charge in [-0.15, -0.1) is 0 Å². The van der Waals surface area contributed by atoms with E-state index < -0.39 is 23.5 Å². The summed E-state index contributed by atoms with van der Waals surface area (Å²) < 4.78 is 76.4. The van der Waals surface area contributed by atoms with E-state index in [2.05, 4.69) is 0 Å². The Kier molecular flexibility index (Phi) is 4.82. The molecule has 0 N–H and O–H groups in total. The Labute approximate surface area is 129 Å². The molecule has 0 saturated carbocycles. The Morgan fingerprint density at radius 1 is 0.739 bits per heavy atom. The van der Waals surface area contributed by atoms with Gasteiger partial charge in [-0.25, -0.2) is 0 Å². The van der Waals surface area contributed by atoms with Crippen LogP contribution in [-0.2, 0) is 18.8 Å². The van der Waals surface area contributed by atoms with Crippen molar-refractivity contribution in [3.8, 4) is 0 Å². The first-order valence-electron chi connectivity index (χ1n) is 6.66. The Balaban J connectivity index is 2.29. The molecule has 0 amide bonds. The lowest BCUT2D eigenvalue weighted by molar-refractivity contribution is -0.143. The van der Waals surface area contributed by atoms with Crippen molar-refractivity contribution >= 4 is 6.08 Å². The lowest BCUT2D eigenvalue weighted by atomic mass is 10.0. The standard InChI is InChI=1S/C17H12F6/c18-16(19,20)14-9-13(10-15(11-14)17(21,22)23)8-4-7-12-5-2-1-3-6-12/h1-7,9-11H,8H2/b7-4+. The van der Waals surface area contributed by atoms with E-state index in [1.54, 1.807) is 36.4 Å². The van der Waals surface area contributed by atoms with Crippen LogP contribution in [0, 0.1) is 0 Å². The zero-order valence-electron chi connectivity index (χ0n) is 11.7. The summed E-state index contributed by atoms with van der Waals surface area (Å²) in [7, 11) is 0. The van der Waals surface area contributed by atoms with E-state index in [9.17, 15) is 26.3 Å². The van der Waals surface area contributed by atoms with Gasteiger partial charge in [0, 0.05) is 0 Å². The van der Waals surface area contributed by atoms with Gasteiger partial charge in [-0.1, -0.05) is 42.5 Å². The molecule has 0 fully saturated rings. The van der Waals surface area contributed by atoms with Crippen LogP contribution in [-0.4, -0.2) is 0 Å². The maximum atomic E-state index is 12.7. The van der Waals surface area contributed by atoms with Gasteiger partial charge in [0.05, 0.1) is 11.1 Å². The summed E-state index contributed by atoms with van der Waals surface area (Å²) in [5.74, 6) is 0. The van der Waals surface area contributed by atoms with Crippen molar-refractivity contribution in [1.29, 1.82) is 0 Å². The van der Waals surface area contributed by atoms with Crippen LogP contribution in [0.3, 0.4) is 0 Å². The number of rotatable bonds is 3. The van der Waals surface area contributed by atoms with Crippen molar-refractivity contribution in [1.82, 2.24) is 0 Å². The van der Waals surface area contributed by atoms with Gasteiger partial charge in [0.1, 0.15) is 0 Å². The molecule has 0 aliphatic rings. The van der Waals surface area contributed by atoms with Gasteiger partial charge in [0.15, 0.2) is 0 Å². The number of hydrogen-bond acceptors (Lipinski definition) is 0. The van der Waals surface area contributed by atoms with E-state index in [0.29, 0.717) is 0 Å². The van der Waals surface area contributed by atoms with Gasteiger partial charge in [-0.2, -0.15) is 26.3 Å². The molecule has 23 heavy (non-hydrogen) atoms. The second-order valence-corrected chi connectivity index (χ2v) is 4.93. The van der Waals surface area contributed by atoms with Crippen molar-refractivity contribution in [3.63, 3.8) is 0 Å². The molecule has 2 aromatic carbocycles. The minimum atomic E-state index is -4.82. The molecule has 0 nitrogen and oxygen atoms in total. The molecule has 0 atom stereocenters. The van der Waals surface area contributed by atoms with Crippen LogP contribution in [0.25, 0.3) is 6.08 Å². The van der Waals surface area contributed by atoms with Crippen LogP contribution in [0.5, 0.6) is 0 Å². The molecule has 0 unspecified atom stereocenters. The summed E-state index contributed by atoms with van der Waals surface area (Å²) >= 11 is 0. The van der Waals surface area contributed by atoms with Gasteiger partial charge >= 0.3 is 12.4 Å². The summed E-state index contributed by atoms with van der Waals surface area (Å²) in [6.45, 7) is 0. The largest absolute Gasteiger partial charge is 0.416 e. The Bertz CT molecular complexity index is 648. The van der Waals surface area contributed by atoms with Crippen LogP contribution in [0.2, 0.25) is 0 Å². The molecule has 0 radical (unpaired) electrons. The number of benzene rings is 2.